The fraction of sp³-hybridized carbons (Fsp3) is 0.278. The summed E-state index contributed by atoms with van der Waals surface area (Å²) in [5.74, 6) is 0.554. The molecule has 0 aliphatic heterocycles. The van der Waals surface area contributed by atoms with Crippen LogP contribution in [0.2, 0.25) is 10.0 Å². The van der Waals surface area contributed by atoms with Gasteiger partial charge < -0.3 is 15.0 Å². The molecule has 2 rings (SSSR count). The minimum Gasteiger partial charge on any atom is -0.497 e. The smallest absolute Gasteiger partial charge is 0.252 e. The topological polar surface area (TPSA) is 41.6 Å². The molecule has 4 nitrogen and oxygen atoms in total. The Labute approximate surface area is 152 Å². The van der Waals surface area contributed by atoms with Crippen molar-refractivity contribution in [1.82, 2.24) is 10.2 Å². The fourth-order valence-electron chi connectivity index (χ4n) is 2.41. The summed E-state index contributed by atoms with van der Waals surface area (Å²) < 4.78 is 5.27. The van der Waals surface area contributed by atoms with Crippen LogP contribution in [0.5, 0.6) is 5.75 Å². The Hall–Kier alpha value is -1.75. The number of likely N-dealkylation sites (N-methyl/N-ethyl adjacent to an activating group) is 1. The molecule has 1 unspecified atom stereocenters. The van der Waals surface area contributed by atoms with Gasteiger partial charge in [-0.1, -0.05) is 35.3 Å². The molecule has 0 aromatic heterocycles. The number of hydrogen-bond donors (Lipinski definition) is 1. The number of nitrogens with one attached hydrogen (secondary N) is 1. The van der Waals surface area contributed by atoms with E-state index >= 15 is 0 Å². The predicted octanol–water partition coefficient (Wildman–Crippen LogP) is 4.03. The number of carbonyl (C=O) groups is 1. The Morgan fingerprint density at radius 3 is 2.58 bits per heavy atom. The summed E-state index contributed by atoms with van der Waals surface area (Å²) in [6.45, 7) is 0.442. The van der Waals surface area contributed by atoms with Crippen LogP contribution >= 0.6 is 23.2 Å². The van der Waals surface area contributed by atoms with Crippen molar-refractivity contribution in [2.75, 3.05) is 27.7 Å². The molecule has 0 bridgehead atoms. The Kier molecular flexibility index (Phi) is 6.49. The maximum Gasteiger partial charge on any atom is 0.252 e. The van der Waals surface area contributed by atoms with Gasteiger partial charge >= 0.3 is 0 Å². The molecule has 0 spiro atoms. The average molecular weight is 367 g/mol. The van der Waals surface area contributed by atoms with Crippen LogP contribution in [-0.2, 0) is 0 Å². The van der Waals surface area contributed by atoms with Gasteiger partial charge in [-0.05, 0) is 50.0 Å². The van der Waals surface area contributed by atoms with Crippen LogP contribution in [0.4, 0.5) is 0 Å². The molecule has 1 amide bonds. The van der Waals surface area contributed by atoms with Crippen molar-refractivity contribution >= 4 is 29.1 Å². The molecule has 0 heterocycles. The Morgan fingerprint density at radius 2 is 1.96 bits per heavy atom. The van der Waals surface area contributed by atoms with E-state index in [0.29, 0.717) is 22.2 Å². The maximum atomic E-state index is 12.4. The molecule has 0 saturated heterocycles. The van der Waals surface area contributed by atoms with Gasteiger partial charge in [0.2, 0.25) is 0 Å². The second kappa shape index (κ2) is 8.38. The van der Waals surface area contributed by atoms with Crippen LogP contribution in [0.3, 0.4) is 0 Å². The van der Waals surface area contributed by atoms with Crippen molar-refractivity contribution < 1.29 is 9.53 Å². The molecular formula is C18H20Cl2N2O2. The van der Waals surface area contributed by atoms with Crippen molar-refractivity contribution in [3.63, 3.8) is 0 Å². The zero-order chi connectivity index (χ0) is 17.7. The van der Waals surface area contributed by atoms with Crippen molar-refractivity contribution in [2.24, 2.45) is 0 Å². The molecule has 0 saturated carbocycles. The molecule has 2 aromatic carbocycles. The Balaban J connectivity index is 2.12. The quantitative estimate of drug-likeness (QED) is 0.838. The first-order chi connectivity index (χ1) is 11.4. The summed E-state index contributed by atoms with van der Waals surface area (Å²) in [7, 11) is 5.56. The average Bonchev–Trinajstić information content (AvgIpc) is 2.54. The molecule has 24 heavy (non-hydrogen) atoms. The van der Waals surface area contributed by atoms with E-state index in [1.165, 1.54) is 0 Å². The second-order valence-electron chi connectivity index (χ2n) is 5.59. The largest absolute Gasteiger partial charge is 0.497 e. The van der Waals surface area contributed by atoms with Gasteiger partial charge in [0, 0.05) is 11.6 Å². The lowest BCUT2D eigenvalue weighted by Gasteiger charge is -2.25. The van der Waals surface area contributed by atoms with E-state index in [1.54, 1.807) is 25.3 Å². The minimum absolute atomic E-state index is 0.00938. The first-order valence-corrected chi connectivity index (χ1v) is 8.21. The molecule has 0 radical (unpaired) electrons. The lowest BCUT2D eigenvalue weighted by Crippen LogP contribution is -2.34. The molecule has 1 atom stereocenters. The van der Waals surface area contributed by atoms with Gasteiger partial charge in [-0.25, -0.2) is 0 Å². The van der Waals surface area contributed by atoms with Crippen molar-refractivity contribution in [1.29, 1.82) is 0 Å². The maximum absolute atomic E-state index is 12.4. The molecule has 6 heteroatoms. The van der Waals surface area contributed by atoms with Gasteiger partial charge in [0.1, 0.15) is 5.75 Å². The molecular weight excluding hydrogens is 347 g/mol. The second-order valence-corrected chi connectivity index (χ2v) is 6.43. The molecule has 1 N–H and O–H groups in total. The lowest BCUT2D eigenvalue weighted by molar-refractivity contribution is 0.0942. The van der Waals surface area contributed by atoms with Crippen LogP contribution in [0.25, 0.3) is 0 Å². The van der Waals surface area contributed by atoms with E-state index in [-0.39, 0.29) is 11.9 Å². The Morgan fingerprint density at radius 1 is 1.21 bits per heavy atom. The van der Waals surface area contributed by atoms with Gasteiger partial charge in [0.25, 0.3) is 5.91 Å². The highest BCUT2D eigenvalue weighted by atomic mass is 35.5. The van der Waals surface area contributed by atoms with E-state index in [9.17, 15) is 4.79 Å². The third-order valence-electron chi connectivity index (χ3n) is 3.73. The summed E-state index contributed by atoms with van der Waals surface area (Å²) in [5, 5.41) is 3.76. The van der Waals surface area contributed by atoms with Gasteiger partial charge in [0.05, 0.1) is 23.7 Å². The highest BCUT2D eigenvalue weighted by Gasteiger charge is 2.17. The first kappa shape index (κ1) is 18.6. The van der Waals surface area contributed by atoms with E-state index < -0.39 is 0 Å². The zero-order valence-corrected chi connectivity index (χ0v) is 15.4. The van der Waals surface area contributed by atoms with Crippen LogP contribution in [0.1, 0.15) is 22.0 Å². The minimum atomic E-state index is -0.230. The van der Waals surface area contributed by atoms with Crippen LogP contribution < -0.4 is 10.1 Å². The predicted molar refractivity (Wildman–Crippen MR) is 98.2 cm³/mol. The standard InChI is InChI=1S/C18H20Cl2N2O2/c1-22(2)17(12-5-4-6-14(9-12)24-3)11-21-18(23)15-8-7-13(19)10-16(15)20/h4-10,17H,11H2,1-3H3,(H,21,23). The lowest BCUT2D eigenvalue weighted by atomic mass is 10.1. The number of benzene rings is 2. The van der Waals surface area contributed by atoms with Crippen LogP contribution in [-0.4, -0.2) is 38.6 Å². The highest BCUT2D eigenvalue weighted by molar-refractivity contribution is 6.36. The van der Waals surface area contributed by atoms with Crippen molar-refractivity contribution in [3.8, 4) is 5.75 Å². The summed E-state index contributed by atoms with van der Waals surface area (Å²) in [4.78, 5) is 14.4. The van der Waals surface area contributed by atoms with E-state index in [2.05, 4.69) is 5.32 Å². The number of nitrogens with zero attached hydrogens (tertiary/aromatic N) is 1. The number of amides is 1. The number of carbonyl (C=O) groups excluding carboxylic acids is 1. The Bertz CT molecular complexity index is 720. The van der Waals surface area contributed by atoms with Gasteiger partial charge in [0.15, 0.2) is 0 Å². The summed E-state index contributed by atoms with van der Waals surface area (Å²) in [6.07, 6.45) is 0. The van der Waals surface area contributed by atoms with Gasteiger partial charge in [-0.3, -0.25) is 4.79 Å². The number of hydrogen-bond acceptors (Lipinski definition) is 3. The molecule has 0 fully saturated rings. The third kappa shape index (κ3) is 4.63. The highest BCUT2D eigenvalue weighted by Crippen LogP contribution is 2.23. The van der Waals surface area contributed by atoms with Crippen LogP contribution in [0.15, 0.2) is 42.5 Å². The zero-order valence-electron chi connectivity index (χ0n) is 13.8. The van der Waals surface area contributed by atoms with Gasteiger partial charge in [-0.15, -0.1) is 0 Å². The monoisotopic (exact) mass is 366 g/mol. The summed E-state index contributed by atoms with van der Waals surface area (Å²) in [6, 6.07) is 12.6. The molecule has 2 aromatic rings. The number of ether oxygens (including phenoxy) is 1. The van der Waals surface area contributed by atoms with E-state index in [0.717, 1.165) is 11.3 Å². The van der Waals surface area contributed by atoms with Crippen LogP contribution in [0, 0.1) is 0 Å². The summed E-state index contributed by atoms with van der Waals surface area (Å²) >= 11 is 12.0. The molecule has 0 aliphatic rings. The number of halogens is 2. The van der Waals surface area contributed by atoms with Crippen molar-refractivity contribution in [2.45, 2.75) is 6.04 Å². The molecule has 128 valence electrons. The van der Waals surface area contributed by atoms with Crippen molar-refractivity contribution in [3.05, 3.63) is 63.6 Å². The third-order valence-corrected chi connectivity index (χ3v) is 4.28. The van der Waals surface area contributed by atoms with E-state index in [4.69, 9.17) is 27.9 Å². The number of methoxy groups -OCH3 is 1. The van der Waals surface area contributed by atoms with E-state index in [1.807, 2.05) is 43.3 Å². The first-order valence-electron chi connectivity index (χ1n) is 7.46. The fourth-order valence-corrected chi connectivity index (χ4v) is 2.90. The van der Waals surface area contributed by atoms with Gasteiger partial charge in [-0.2, -0.15) is 0 Å². The summed E-state index contributed by atoms with van der Waals surface area (Å²) in [5.41, 5.74) is 1.46. The SMILES string of the molecule is COc1cccc(C(CNC(=O)c2ccc(Cl)cc2Cl)N(C)C)c1. The normalized spacial score (nSPS) is 12.1. The number of rotatable bonds is 6. The molecule has 0 aliphatic carbocycles.